The highest BCUT2D eigenvalue weighted by atomic mass is 16.5. The lowest BCUT2D eigenvalue weighted by Gasteiger charge is -2.22. The van der Waals surface area contributed by atoms with Gasteiger partial charge in [0, 0.05) is 19.7 Å². The Bertz CT molecular complexity index is 587. The van der Waals surface area contributed by atoms with Gasteiger partial charge in [0.15, 0.2) is 0 Å². The van der Waals surface area contributed by atoms with Crippen LogP contribution < -0.4 is 16.2 Å². The Balaban J connectivity index is 1.95. The van der Waals surface area contributed by atoms with Crippen molar-refractivity contribution in [1.82, 2.24) is 29.7 Å². The second-order valence-corrected chi connectivity index (χ2v) is 4.72. The van der Waals surface area contributed by atoms with Gasteiger partial charge >= 0.3 is 0 Å². The molecule has 21 heavy (non-hydrogen) atoms. The van der Waals surface area contributed by atoms with Gasteiger partial charge in [-0.1, -0.05) is 0 Å². The summed E-state index contributed by atoms with van der Waals surface area (Å²) in [7, 11) is 0. The van der Waals surface area contributed by atoms with Gasteiger partial charge in [0.2, 0.25) is 11.9 Å². The first-order valence-corrected chi connectivity index (χ1v) is 6.70. The highest BCUT2D eigenvalue weighted by molar-refractivity contribution is 5.39. The maximum Gasteiger partial charge on any atom is 0.258 e. The number of nitrogen functional groups attached to an aromatic ring is 1. The number of hydrogen-bond donors (Lipinski definition) is 2. The summed E-state index contributed by atoms with van der Waals surface area (Å²) in [5.41, 5.74) is 2.45. The molecule has 0 aliphatic carbocycles. The third-order valence-corrected chi connectivity index (χ3v) is 3.10. The number of aromatic nitrogens is 6. The monoisotopic (exact) mass is 291 g/mol. The quantitative estimate of drug-likeness (QED) is 0.561. The average molecular weight is 291 g/mol. The Kier molecular flexibility index (Phi) is 3.88. The molecule has 0 spiro atoms. The van der Waals surface area contributed by atoms with Crippen molar-refractivity contribution in [1.29, 1.82) is 0 Å². The largest absolute Gasteiger partial charge is 0.377 e. The number of hydrogen-bond acceptors (Lipinski definition) is 9. The normalized spacial score (nSPS) is 19.3. The van der Waals surface area contributed by atoms with Gasteiger partial charge < -0.3 is 9.64 Å². The smallest absolute Gasteiger partial charge is 0.258 e. The SMILES string of the molecule is CC1CN(c2nc(NN)nc(-n3cncn3)n2)CCCO1. The standard InChI is InChI=1S/C11H17N9O/c1-8-5-19(3-2-4-21-8)10-15-9(18-12)16-11(17-10)20-7-13-6-14-20/h6-8H,2-5,12H2,1H3,(H,15,16,17,18). The number of ether oxygens (including phenoxy) is 1. The summed E-state index contributed by atoms with van der Waals surface area (Å²) in [6.45, 7) is 4.29. The molecule has 1 aliphatic heterocycles. The molecule has 0 aromatic carbocycles. The van der Waals surface area contributed by atoms with Crippen LogP contribution in [-0.4, -0.2) is 55.5 Å². The van der Waals surface area contributed by atoms with Gasteiger partial charge in [0.05, 0.1) is 6.10 Å². The second kappa shape index (κ2) is 5.97. The lowest BCUT2D eigenvalue weighted by Crippen LogP contribution is -2.32. The van der Waals surface area contributed by atoms with Crippen molar-refractivity contribution >= 4 is 11.9 Å². The lowest BCUT2D eigenvalue weighted by molar-refractivity contribution is 0.0820. The lowest BCUT2D eigenvalue weighted by atomic mass is 10.3. The van der Waals surface area contributed by atoms with E-state index in [1.165, 1.54) is 17.3 Å². The summed E-state index contributed by atoms with van der Waals surface area (Å²) in [5, 5.41) is 4.02. The van der Waals surface area contributed by atoms with E-state index in [2.05, 4.69) is 35.4 Å². The first kappa shape index (κ1) is 13.6. The van der Waals surface area contributed by atoms with E-state index >= 15 is 0 Å². The zero-order valence-electron chi connectivity index (χ0n) is 11.7. The van der Waals surface area contributed by atoms with Crippen molar-refractivity contribution in [2.75, 3.05) is 30.0 Å². The molecule has 1 saturated heterocycles. The number of nitrogens with one attached hydrogen (secondary N) is 1. The number of rotatable bonds is 3. The van der Waals surface area contributed by atoms with Crippen molar-refractivity contribution < 1.29 is 4.74 Å². The van der Waals surface area contributed by atoms with E-state index in [1.54, 1.807) is 0 Å². The van der Waals surface area contributed by atoms with E-state index in [9.17, 15) is 0 Å². The molecule has 10 heteroatoms. The third-order valence-electron chi connectivity index (χ3n) is 3.10. The summed E-state index contributed by atoms with van der Waals surface area (Å²) in [6.07, 6.45) is 3.97. The van der Waals surface area contributed by atoms with E-state index in [4.69, 9.17) is 10.6 Å². The molecule has 2 aromatic heterocycles. The van der Waals surface area contributed by atoms with Crippen LogP contribution in [0.2, 0.25) is 0 Å². The Labute approximate surface area is 121 Å². The van der Waals surface area contributed by atoms with Crippen molar-refractivity contribution in [3.05, 3.63) is 12.7 Å². The number of nitrogens with zero attached hydrogens (tertiary/aromatic N) is 7. The van der Waals surface area contributed by atoms with Crippen molar-refractivity contribution in [3.8, 4) is 5.95 Å². The molecule has 3 N–H and O–H groups in total. The zero-order valence-corrected chi connectivity index (χ0v) is 11.7. The zero-order chi connectivity index (χ0) is 14.7. The van der Waals surface area contributed by atoms with Crippen molar-refractivity contribution in [3.63, 3.8) is 0 Å². The molecule has 1 aliphatic rings. The minimum Gasteiger partial charge on any atom is -0.377 e. The molecule has 1 unspecified atom stereocenters. The highest BCUT2D eigenvalue weighted by Gasteiger charge is 2.19. The average Bonchev–Trinajstić information content (AvgIpc) is 2.96. The summed E-state index contributed by atoms with van der Waals surface area (Å²) in [5.74, 6) is 6.62. The van der Waals surface area contributed by atoms with Crippen LogP contribution >= 0.6 is 0 Å². The molecule has 1 fully saturated rings. The van der Waals surface area contributed by atoms with Crippen molar-refractivity contribution in [2.45, 2.75) is 19.4 Å². The second-order valence-electron chi connectivity index (χ2n) is 4.72. The van der Waals surface area contributed by atoms with Crippen molar-refractivity contribution in [2.24, 2.45) is 5.84 Å². The van der Waals surface area contributed by atoms with Gasteiger partial charge in [0.25, 0.3) is 5.95 Å². The van der Waals surface area contributed by atoms with Gasteiger partial charge in [-0.05, 0) is 13.3 Å². The summed E-state index contributed by atoms with van der Waals surface area (Å²) >= 11 is 0. The van der Waals surface area contributed by atoms with Crippen LogP contribution in [0.5, 0.6) is 0 Å². The van der Waals surface area contributed by atoms with Crippen LogP contribution in [0.3, 0.4) is 0 Å². The third kappa shape index (κ3) is 3.06. The van der Waals surface area contributed by atoms with E-state index < -0.39 is 0 Å². The van der Waals surface area contributed by atoms with Crippen LogP contribution in [0.1, 0.15) is 13.3 Å². The Morgan fingerprint density at radius 2 is 2.19 bits per heavy atom. The number of hydrazine groups is 1. The van der Waals surface area contributed by atoms with Gasteiger partial charge in [0.1, 0.15) is 12.7 Å². The van der Waals surface area contributed by atoms with Gasteiger partial charge in [-0.15, -0.1) is 0 Å². The molecule has 3 heterocycles. The summed E-state index contributed by atoms with van der Waals surface area (Å²) in [6, 6.07) is 0. The predicted octanol–water partition coefficient (Wildman–Crippen LogP) is -0.647. The molecular formula is C11H17N9O. The molecule has 0 bridgehead atoms. The molecular weight excluding hydrogens is 274 g/mol. The molecule has 0 saturated carbocycles. The Morgan fingerprint density at radius 3 is 2.95 bits per heavy atom. The molecule has 10 nitrogen and oxygen atoms in total. The molecule has 1 atom stereocenters. The van der Waals surface area contributed by atoms with E-state index in [1.807, 2.05) is 6.92 Å². The highest BCUT2D eigenvalue weighted by Crippen LogP contribution is 2.16. The maximum absolute atomic E-state index is 5.63. The van der Waals surface area contributed by atoms with Crippen LogP contribution in [0, 0.1) is 0 Å². The fourth-order valence-corrected chi connectivity index (χ4v) is 2.15. The minimum atomic E-state index is 0.119. The predicted molar refractivity (Wildman–Crippen MR) is 74.8 cm³/mol. The van der Waals surface area contributed by atoms with E-state index in [0.717, 1.165) is 19.6 Å². The molecule has 2 aromatic rings. The summed E-state index contributed by atoms with van der Waals surface area (Å²) in [4.78, 5) is 18.9. The topological polar surface area (TPSA) is 120 Å². The van der Waals surface area contributed by atoms with E-state index in [0.29, 0.717) is 18.4 Å². The molecule has 0 radical (unpaired) electrons. The molecule has 0 amide bonds. The molecule has 112 valence electrons. The van der Waals surface area contributed by atoms with Gasteiger partial charge in [-0.3, -0.25) is 5.43 Å². The van der Waals surface area contributed by atoms with Crippen LogP contribution in [0.25, 0.3) is 5.95 Å². The number of anilines is 2. The fraction of sp³-hybridized carbons (Fsp3) is 0.545. The first-order valence-electron chi connectivity index (χ1n) is 6.70. The first-order chi connectivity index (χ1) is 10.3. The van der Waals surface area contributed by atoms with Crippen LogP contribution in [0.15, 0.2) is 12.7 Å². The van der Waals surface area contributed by atoms with Gasteiger partial charge in [-0.25, -0.2) is 10.8 Å². The van der Waals surface area contributed by atoms with Gasteiger partial charge in [-0.2, -0.15) is 24.7 Å². The Morgan fingerprint density at radius 1 is 1.33 bits per heavy atom. The minimum absolute atomic E-state index is 0.119. The van der Waals surface area contributed by atoms with E-state index in [-0.39, 0.29) is 12.1 Å². The maximum atomic E-state index is 5.63. The van der Waals surface area contributed by atoms with Crippen LogP contribution in [0.4, 0.5) is 11.9 Å². The molecule has 3 rings (SSSR count). The fourth-order valence-electron chi connectivity index (χ4n) is 2.15. The van der Waals surface area contributed by atoms with Crippen LogP contribution in [-0.2, 0) is 4.74 Å². The Hall–Kier alpha value is -2.33. The summed E-state index contributed by atoms with van der Waals surface area (Å²) < 4.78 is 7.09. The number of nitrogens with two attached hydrogens (primary N) is 1.